The molecule has 0 N–H and O–H groups in total. The van der Waals surface area contributed by atoms with Crippen LogP contribution >= 0.6 is 15.9 Å². The van der Waals surface area contributed by atoms with Gasteiger partial charge in [0.25, 0.3) is 5.91 Å². The summed E-state index contributed by atoms with van der Waals surface area (Å²) >= 11 is 3.40. The molecule has 0 aromatic heterocycles. The van der Waals surface area contributed by atoms with Gasteiger partial charge >= 0.3 is 6.36 Å². The molecule has 116 valence electrons. The zero-order valence-corrected chi connectivity index (χ0v) is 12.9. The first-order valence-electron chi connectivity index (χ1n) is 6.54. The molecule has 2 atom stereocenters. The average molecular weight is 366 g/mol. The summed E-state index contributed by atoms with van der Waals surface area (Å²) in [6.07, 6.45) is -3.80. The molecule has 2 rings (SSSR count). The molecule has 0 aliphatic carbocycles. The van der Waals surface area contributed by atoms with Gasteiger partial charge in [0.2, 0.25) is 0 Å². The zero-order valence-electron chi connectivity index (χ0n) is 11.4. The fraction of sp³-hybridized carbons (Fsp3) is 0.500. The highest BCUT2D eigenvalue weighted by atomic mass is 79.9. The molecule has 21 heavy (non-hydrogen) atoms. The highest BCUT2D eigenvalue weighted by Crippen LogP contribution is 2.28. The highest BCUT2D eigenvalue weighted by molar-refractivity contribution is 9.09. The van der Waals surface area contributed by atoms with Crippen LogP contribution in [-0.4, -0.2) is 35.1 Å². The third-order valence-corrected chi connectivity index (χ3v) is 4.30. The Hall–Kier alpha value is -1.24. The SMILES string of the molecule is CC1CCN(C(=O)c2ccc(OC(F)(F)F)cc2)C1CBr. The van der Waals surface area contributed by atoms with E-state index in [0.29, 0.717) is 23.4 Å². The van der Waals surface area contributed by atoms with Crippen LogP contribution in [-0.2, 0) is 0 Å². The van der Waals surface area contributed by atoms with Crippen LogP contribution < -0.4 is 4.74 Å². The predicted molar refractivity (Wildman–Crippen MR) is 75.5 cm³/mol. The number of halogens is 4. The van der Waals surface area contributed by atoms with E-state index in [1.165, 1.54) is 12.1 Å². The Morgan fingerprint density at radius 2 is 2.00 bits per heavy atom. The van der Waals surface area contributed by atoms with Gasteiger partial charge in [0.15, 0.2) is 0 Å². The Bertz CT molecular complexity index is 504. The van der Waals surface area contributed by atoms with Crippen molar-refractivity contribution in [1.29, 1.82) is 0 Å². The van der Waals surface area contributed by atoms with Gasteiger partial charge in [0.1, 0.15) is 5.75 Å². The lowest BCUT2D eigenvalue weighted by Gasteiger charge is -2.25. The molecule has 7 heteroatoms. The summed E-state index contributed by atoms with van der Waals surface area (Å²) < 4.78 is 40.0. The monoisotopic (exact) mass is 365 g/mol. The number of likely N-dealkylation sites (tertiary alicyclic amines) is 1. The summed E-state index contributed by atoms with van der Waals surface area (Å²) in [5.41, 5.74) is 0.365. The van der Waals surface area contributed by atoms with Gasteiger partial charge < -0.3 is 9.64 Å². The van der Waals surface area contributed by atoms with E-state index >= 15 is 0 Å². The fourth-order valence-electron chi connectivity index (χ4n) is 2.46. The molecule has 1 aromatic rings. The van der Waals surface area contributed by atoms with E-state index in [1.807, 2.05) is 0 Å². The van der Waals surface area contributed by atoms with Crippen molar-refractivity contribution in [3.05, 3.63) is 29.8 Å². The van der Waals surface area contributed by atoms with E-state index in [0.717, 1.165) is 18.6 Å². The van der Waals surface area contributed by atoms with E-state index in [9.17, 15) is 18.0 Å². The second-order valence-corrected chi connectivity index (χ2v) is 5.71. The standard InChI is InChI=1S/C14H15BrF3NO2/c1-9-6-7-19(12(9)8-15)13(20)10-2-4-11(5-3-10)21-14(16,17)18/h2-5,9,12H,6-8H2,1H3. The Morgan fingerprint density at radius 1 is 1.38 bits per heavy atom. The summed E-state index contributed by atoms with van der Waals surface area (Å²) in [7, 11) is 0. The van der Waals surface area contributed by atoms with Crippen LogP contribution in [0.25, 0.3) is 0 Å². The molecule has 2 unspecified atom stereocenters. The molecule has 3 nitrogen and oxygen atoms in total. The molecule has 1 amide bonds. The van der Waals surface area contributed by atoms with Crippen molar-refractivity contribution in [2.75, 3.05) is 11.9 Å². The molecule has 1 heterocycles. The van der Waals surface area contributed by atoms with Crippen molar-refractivity contribution in [2.45, 2.75) is 25.7 Å². The molecular weight excluding hydrogens is 351 g/mol. The van der Waals surface area contributed by atoms with Crippen molar-refractivity contribution < 1.29 is 22.7 Å². The number of nitrogens with zero attached hydrogens (tertiary/aromatic N) is 1. The summed E-state index contributed by atoms with van der Waals surface area (Å²) in [6.45, 7) is 2.75. The van der Waals surface area contributed by atoms with Gasteiger partial charge in [-0.1, -0.05) is 22.9 Å². The van der Waals surface area contributed by atoms with Crippen molar-refractivity contribution in [3.63, 3.8) is 0 Å². The maximum atomic E-state index is 12.4. The Kier molecular flexibility index (Phi) is 4.81. The van der Waals surface area contributed by atoms with Gasteiger partial charge in [-0.05, 0) is 36.6 Å². The Morgan fingerprint density at radius 3 is 2.52 bits per heavy atom. The molecule has 0 radical (unpaired) electrons. The first kappa shape index (κ1) is 16.1. The molecule has 1 saturated heterocycles. The number of carbonyl (C=O) groups excluding carboxylic acids is 1. The molecule has 1 fully saturated rings. The van der Waals surface area contributed by atoms with Crippen LogP contribution in [0.4, 0.5) is 13.2 Å². The maximum Gasteiger partial charge on any atom is 0.573 e. The first-order valence-corrected chi connectivity index (χ1v) is 7.66. The molecule has 1 aliphatic heterocycles. The smallest absolute Gasteiger partial charge is 0.406 e. The van der Waals surface area contributed by atoms with Crippen LogP contribution in [0.3, 0.4) is 0 Å². The molecule has 0 bridgehead atoms. The van der Waals surface area contributed by atoms with Crippen molar-refractivity contribution in [1.82, 2.24) is 4.90 Å². The summed E-state index contributed by atoms with van der Waals surface area (Å²) in [5.74, 6) is -0.0885. The fourth-order valence-corrected chi connectivity index (χ4v) is 3.45. The number of benzene rings is 1. The van der Waals surface area contributed by atoms with E-state index in [-0.39, 0.29) is 17.7 Å². The summed E-state index contributed by atoms with van der Waals surface area (Å²) in [6, 6.07) is 5.14. The Balaban J connectivity index is 2.10. The molecule has 0 spiro atoms. The third-order valence-electron chi connectivity index (χ3n) is 3.64. The highest BCUT2D eigenvalue weighted by Gasteiger charge is 2.34. The van der Waals surface area contributed by atoms with Crippen molar-refractivity contribution in [2.24, 2.45) is 5.92 Å². The maximum absolute atomic E-state index is 12.4. The average Bonchev–Trinajstić information content (AvgIpc) is 2.78. The van der Waals surface area contributed by atoms with Crippen LogP contribution in [0.1, 0.15) is 23.7 Å². The minimum Gasteiger partial charge on any atom is -0.406 e. The zero-order chi connectivity index (χ0) is 15.6. The normalized spacial score (nSPS) is 22.4. The van der Waals surface area contributed by atoms with Gasteiger partial charge in [-0.2, -0.15) is 0 Å². The van der Waals surface area contributed by atoms with Crippen LogP contribution in [0.2, 0.25) is 0 Å². The minimum atomic E-state index is -4.73. The lowest BCUT2D eigenvalue weighted by molar-refractivity contribution is -0.274. The van der Waals surface area contributed by atoms with Gasteiger partial charge in [-0.15, -0.1) is 13.2 Å². The van der Waals surface area contributed by atoms with E-state index in [1.54, 1.807) is 4.90 Å². The lowest BCUT2D eigenvalue weighted by Crippen LogP contribution is -2.38. The number of hydrogen-bond acceptors (Lipinski definition) is 2. The van der Waals surface area contributed by atoms with Crippen molar-refractivity contribution in [3.8, 4) is 5.75 Å². The second-order valence-electron chi connectivity index (χ2n) is 5.06. The molecule has 1 aliphatic rings. The van der Waals surface area contributed by atoms with Gasteiger partial charge in [0.05, 0.1) is 0 Å². The minimum absolute atomic E-state index is 0.114. The number of ether oxygens (including phenoxy) is 1. The van der Waals surface area contributed by atoms with Crippen LogP contribution in [0.5, 0.6) is 5.75 Å². The Labute approximate surface area is 129 Å². The predicted octanol–water partition coefficient (Wildman–Crippen LogP) is 3.83. The topological polar surface area (TPSA) is 29.5 Å². The number of amides is 1. The number of carbonyl (C=O) groups is 1. The van der Waals surface area contributed by atoms with E-state index in [4.69, 9.17) is 0 Å². The first-order chi connectivity index (χ1) is 9.81. The number of alkyl halides is 4. The van der Waals surface area contributed by atoms with E-state index < -0.39 is 6.36 Å². The third kappa shape index (κ3) is 3.90. The van der Waals surface area contributed by atoms with Gasteiger partial charge in [-0.25, -0.2) is 0 Å². The second kappa shape index (κ2) is 6.25. The van der Waals surface area contributed by atoms with Gasteiger partial charge in [0, 0.05) is 23.5 Å². The van der Waals surface area contributed by atoms with E-state index in [2.05, 4.69) is 27.6 Å². The van der Waals surface area contributed by atoms with Crippen LogP contribution in [0, 0.1) is 5.92 Å². The van der Waals surface area contributed by atoms with Gasteiger partial charge in [-0.3, -0.25) is 4.79 Å². The molecule has 0 saturated carbocycles. The quantitative estimate of drug-likeness (QED) is 0.761. The number of hydrogen-bond donors (Lipinski definition) is 0. The molecular formula is C14H15BrF3NO2. The lowest BCUT2D eigenvalue weighted by atomic mass is 10.0. The summed E-state index contributed by atoms with van der Waals surface area (Å²) in [4.78, 5) is 14.2. The largest absolute Gasteiger partial charge is 0.573 e. The van der Waals surface area contributed by atoms with Crippen LogP contribution in [0.15, 0.2) is 24.3 Å². The number of rotatable bonds is 3. The van der Waals surface area contributed by atoms with Crippen molar-refractivity contribution >= 4 is 21.8 Å². The summed E-state index contributed by atoms with van der Waals surface area (Å²) in [5, 5.41) is 0.690. The molecule has 1 aromatic carbocycles.